The first kappa shape index (κ1) is 15.8. The zero-order chi connectivity index (χ0) is 14.6. The summed E-state index contributed by atoms with van der Waals surface area (Å²) in [5.74, 6) is 0.239. The van der Waals surface area contributed by atoms with Crippen LogP contribution < -0.4 is 10.6 Å². The van der Waals surface area contributed by atoms with Gasteiger partial charge in [-0.1, -0.05) is 19.8 Å². The predicted molar refractivity (Wildman–Crippen MR) is 79.3 cm³/mol. The van der Waals surface area contributed by atoms with E-state index >= 15 is 0 Å². The number of nitrogens with one attached hydrogen (secondary N) is 2. The van der Waals surface area contributed by atoms with Crippen molar-refractivity contribution >= 4 is 15.7 Å². The highest BCUT2D eigenvalue weighted by Gasteiger charge is 2.32. The zero-order valence-electron chi connectivity index (χ0n) is 12.3. The van der Waals surface area contributed by atoms with E-state index in [-0.39, 0.29) is 35.3 Å². The molecule has 0 bridgehead atoms. The highest BCUT2D eigenvalue weighted by Crippen LogP contribution is 2.40. The molecule has 2 rings (SSSR count). The third kappa shape index (κ3) is 4.19. The Morgan fingerprint density at radius 3 is 2.65 bits per heavy atom. The normalized spacial score (nSPS) is 28.1. The van der Waals surface area contributed by atoms with Gasteiger partial charge in [0.1, 0.15) is 0 Å². The Labute approximate surface area is 121 Å². The summed E-state index contributed by atoms with van der Waals surface area (Å²) in [5.41, 5.74) is 0.279. The van der Waals surface area contributed by atoms with Crippen LogP contribution >= 0.6 is 0 Å². The molecule has 0 radical (unpaired) electrons. The van der Waals surface area contributed by atoms with Crippen LogP contribution in [0.5, 0.6) is 0 Å². The maximum Gasteiger partial charge on any atom is 0.221 e. The van der Waals surface area contributed by atoms with Crippen LogP contribution in [0.2, 0.25) is 0 Å². The lowest BCUT2D eigenvalue weighted by Crippen LogP contribution is -2.48. The molecule has 0 aromatic heterocycles. The van der Waals surface area contributed by atoms with Crippen LogP contribution in [0.15, 0.2) is 0 Å². The third-order valence-corrected chi connectivity index (χ3v) is 6.54. The van der Waals surface area contributed by atoms with E-state index in [2.05, 4.69) is 17.6 Å². The molecule has 1 amide bonds. The second-order valence-corrected chi connectivity index (χ2v) is 8.54. The Balaban J connectivity index is 1.78. The zero-order valence-corrected chi connectivity index (χ0v) is 13.1. The van der Waals surface area contributed by atoms with E-state index in [1.54, 1.807) is 0 Å². The lowest BCUT2D eigenvalue weighted by molar-refractivity contribution is -0.122. The van der Waals surface area contributed by atoms with Gasteiger partial charge in [0.2, 0.25) is 5.91 Å². The third-order valence-electron chi connectivity index (χ3n) is 4.81. The Morgan fingerprint density at radius 2 is 2.05 bits per heavy atom. The van der Waals surface area contributed by atoms with Crippen molar-refractivity contribution in [3.63, 3.8) is 0 Å². The summed E-state index contributed by atoms with van der Waals surface area (Å²) < 4.78 is 23.1. The quantitative estimate of drug-likeness (QED) is 0.789. The summed E-state index contributed by atoms with van der Waals surface area (Å²) in [4.78, 5) is 12.0. The first-order valence-corrected chi connectivity index (χ1v) is 9.47. The van der Waals surface area contributed by atoms with Gasteiger partial charge in [0, 0.05) is 25.6 Å². The van der Waals surface area contributed by atoms with Crippen molar-refractivity contribution in [2.75, 3.05) is 24.6 Å². The fourth-order valence-corrected chi connectivity index (χ4v) is 4.81. The first-order chi connectivity index (χ1) is 9.45. The van der Waals surface area contributed by atoms with E-state index in [9.17, 15) is 13.2 Å². The second-order valence-electron chi connectivity index (χ2n) is 6.31. The molecule has 1 heterocycles. The number of carbonyl (C=O) groups is 1. The second kappa shape index (κ2) is 6.43. The molecule has 1 atom stereocenters. The Hall–Kier alpha value is -0.620. The van der Waals surface area contributed by atoms with Gasteiger partial charge in [0.25, 0.3) is 0 Å². The fraction of sp³-hybridized carbons (Fsp3) is 0.929. The average molecular weight is 302 g/mol. The highest BCUT2D eigenvalue weighted by atomic mass is 32.2. The van der Waals surface area contributed by atoms with Gasteiger partial charge in [-0.25, -0.2) is 8.42 Å². The summed E-state index contributed by atoms with van der Waals surface area (Å²) >= 11 is 0. The van der Waals surface area contributed by atoms with Gasteiger partial charge in [-0.3, -0.25) is 4.79 Å². The molecule has 1 aliphatic carbocycles. The van der Waals surface area contributed by atoms with E-state index in [0.717, 1.165) is 13.0 Å². The molecule has 6 heteroatoms. The molecule has 1 unspecified atom stereocenters. The number of amides is 1. The number of carbonyl (C=O) groups excluding carboxylic acids is 1. The van der Waals surface area contributed by atoms with Gasteiger partial charge in [-0.15, -0.1) is 0 Å². The largest absolute Gasteiger partial charge is 0.355 e. The van der Waals surface area contributed by atoms with E-state index < -0.39 is 9.84 Å². The van der Waals surface area contributed by atoms with E-state index in [0.29, 0.717) is 6.54 Å². The van der Waals surface area contributed by atoms with Gasteiger partial charge in [0.15, 0.2) is 9.84 Å². The van der Waals surface area contributed by atoms with Crippen LogP contribution in [0.4, 0.5) is 0 Å². The van der Waals surface area contributed by atoms with Crippen LogP contribution in [-0.2, 0) is 14.6 Å². The van der Waals surface area contributed by atoms with E-state index in [1.165, 1.54) is 25.7 Å². The molecule has 0 spiro atoms. The predicted octanol–water partition coefficient (Wildman–Crippen LogP) is 0.850. The van der Waals surface area contributed by atoms with Crippen molar-refractivity contribution in [3.05, 3.63) is 0 Å². The number of rotatable bonds is 5. The lowest BCUT2D eigenvalue weighted by Gasteiger charge is -2.28. The van der Waals surface area contributed by atoms with Gasteiger partial charge in [-0.05, 0) is 24.7 Å². The SMILES string of the molecule is CCC1(CNC(=O)CC2CS(=O)(=O)CCN2)CCCC1. The molecule has 5 nitrogen and oxygen atoms in total. The van der Waals surface area contributed by atoms with Crippen molar-refractivity contribution in [2.45, 2.75) is 51.5 Å². The molecule has 2 aliphatic rings. The minimum atomic E-state index is -2.97. The van der Waals surface area contributed by atoms with Crippen molar-refractivity contribution < 1.29 is 13.2 Å². The minimum absolute atomic E-state index is 0.0284. The van der Waals surface area contributed by atoms with Crippen LogP contribution in [0.25, 0.3) is 0 Å². The molecule has 2 fully saturated rings. The Kier molecular flexibility index (Phi) is 5.07. The van der Waals surface area contributed by atoms with Crippen molar-refractivity contribution in [2.24, 2.45) is 5.41 Å². The summed E-state index contributed by atoms with van der Waals surface area (Å²) in [7, 11) is -2.97. The smallest absolute Gasteiger partial charge is 0.221 e. The fourth-order valence-electron chi connectivity index (χ4n) is 3.36. The maximum atomic E-state index is 12.0. The molecular weight excluding hydrogens is 276 g/mol. The topological polar surface area (TPSA) is 75.3 Å². The number of hydrogen-bond donors (Lipinski definition) is 2. The minimum Gasteiger partial charge on any atom is -0.355 e. The lowest BCUT2D eigenvalue weighted by atomic mass is 9.83. The number of hydrogen-bond acceptors (Lipinski definition) is 4. The molecule has 1 saturated carbocycles. The van der Waals surface area contributed by atoms with Crippen molar-refractivity contribution in [1.29, 1.82) is 0 Å². The highest BCUT2D eigenvalue weighted by molar-refractivity contribution is 7.91. The van der Waals surface area contributed by atoms with Crippen LogP contribution in [0.3, 0.4) is 0 Å². The van der Waals surface area contributed by atoms with Gasteiger partial charge in [-0.2, -0.15) is 0 Å². The molecule has 1 aliphatic heterocycles. The Morgan fingerprint density at radius 1 is 1.35 bits per heavy atom. The molecule has 0 aromatic rings. The van der Waals surface area contributed by atoms with Gasteiger partial charge < -0.3 is 10.6 Å². The van der Waals surface area contributed by atoms with Gasteiger partial charge >= 0.3 is 0 Å². The summed E-state index contributed by atoms with van der Waals surface area (Å²) in [5, 5.41) is 6.13. The van der Waals surface area contributed by atoms with Crippen LogP contribution in [0.1, 0.15) is 45.4 Å². The van der Waals surface area contributed by atoms with E-state index in [1.807, 2.05) is 0 Å². The molecule has 116 valence electrons. The van der Waals surface area contributed by atoms with E-state index in [4.69, 9.17) is 0 Å². The monoisotopic (exact) mass is 302 g/mol. The molecule has 0 aromatic carbocycles. The van der Waals surface area contributed by atoms with Crippen LogP contribution in [-0.4, -0.2) is 45.0 Å². The maximum absolute atomic E-state index is 12.0. The molecule has 20 heavy (non-hydrogen) atoms. The van der Waals surface area contributed by atoms with Crippen molar-refractivity contribution in [1.82, 2.24) is 10.6 Å². The summed E-state index contributed by atoms with van der Waals surface area (Å²) in [6.45, 7) is 3.38. The summed E-state index contributed by atoms with van der Waals surface area (Å²) in [6, 6.07) is -0.227. The molecule has 1 saturated heterocycles. The van der Waals surface area contributed by atoms with Crippen LogP contribution in [0, 0.1) is 5.41 Å². The number of sulfone groups is 1. The summed E-state index contributed by atoms with van der Waals surface area (Å²) in [6.07, 6.45) is 6.26. The van der Waals surface area contributed by atoms with Crippen molar-refractivity contribution in [3.8, 4) is 0 Å². The standard InChI is InChI=1S/C14H26N2O3S/c1-2-14(5-3-4-6-14)11-16-13(17)9-12-10-20(18,19)8-7-15-12/h12,15H,2-11H2,1H3,(H,16,17). The Bertz CT molecular complexity index is 441. The average Bonchev–Trinajstić information content (AvgIpc) is 2.85. The van der Waals surface area contributed by atoms with Gasteiger partial charge in [0.05, 0.1) is 11.5 Å². The molecular formula is C14H26N2O3S. The molecule has 2 N–H and O–H groups in total. The first-order valence-electron chi connectivity index (χ1n) is 7.65.